The number of hydrogen-bond donors (Lipinski definition) is 2. The summed E-state index contributed by atoms with van der Waals surface area (Å²) in [7, 11) is -2.64. The molecule has 53 heavy (non-hydrogen) atoms. The summed E-state index contributed by atoms with van der Waals surface area (Å²) in [5, 5.41) is 2.82. The number of carbonyl (C=O) groups is 2. The van der Waals surface area contributed by atoms with Gasteiger partial charge in [-0.1, -0.05) is 167 Å². The van der Waals surface area contributed by atoms with Gasteiger partial charge in [0.15, 0.2) is 6.10 Å². The van der Waals surface area contributed by atoms with Gasteiger partial charge in [-0.3, -0.25) is 18.6 Å². The number of carbonyl (C=O) groups excluding carboxylic acids is 2. The van der Waals surface area contributed by atoms with Crippen LogP contribution in [-0.2, 0) is 32.7 Å². The molecule has 0 amide bonds. The molecule has 0 fully saturated rings. The fraction of sp³-hybridized carbons (Fsp3) is 0.860. The lowest BCUT2D eigenvalue weighted by Gasteiger charge is -2.20. The van der Waals surface area contributed by atoms with Crippen molar-refractivity contribution in [2.45, 2.75) is 206 Å². The minimum atomic E-state index is -4.34. The van der Waals surface area contributed by atoms with Crippen molar-refractivity contribution in [3.05, 3.63) is 24.3 Å². The molecule has 2 N–H and O–H groups in total. The van der Waals surface area contributed by atoms with Crippen molar-refractivity contribution in [1.82, 2.24) is 5.32 Å². The van der Waals surface area contributed by atoms with Gasteiger partial charge in [-0.15, -0.1) is 0 Å². The average molecular weight is 772 g/mol. The maximum absolute atomic E-state index is 12.6. The maximum Gasteiger partial charge on any atom is 0.472 e. The fourth-order valence-corrected chi connectivity index (χ4v) is 6.75. The first kappa shape index (κ1) is 51.5. The summed E-state index contributed by atoms with van der Waals surface area (Å²) in [5.74, 6) is -0.805. The Hall–Kier alpha value is -1.51. The van der Waals surface area contributed by atoms with E-state index >= 15 is 0 Å². The molecule has 0 rings (SSSR count). The average Bonchev–Trinajstić information content (AvgIpc) is 3.14. The number of allylic oxidation sites excluding steroid dienone is 4. The van der Waals surface area contributed by atoms with Gasteiger partial charge >= 0.3 is 19.8 Å². The largest absolute Gasteiger partial charge is 0.472 e. The lowest BCUT2D eigenvalue weighted by Crippen LogP contribution is -2.29. The Bertz CT molecular complexity index is 928. The lowest BCUT2D eigenvalue weighted by molar-refractivity contribution is -0.161. The molecule has 0 aliphatic carbocycles. The second-order valence-electron chi connectivity index (χ2n) is 14.5. The Balaban J connectivity index is 4.17. The van der Waals surface area contributed by atoms with Crippen LogP contribution in [-0.4, -0.2) is 56.3 Å². The Kier molecular flexibility index (Phi) is 39.0. The Morgan fingerprint density at radius 2 is 1.02 bits per heavy atom. The van der Waals surface area contributed by atoms with E-state index in [2.05, 4.69) is 43.5 Å². The number of hydrogen-bond acceptors (Lipinski definition) is 8. The van der Waals surface area contributed by atoms with Gasteiger partial charge < -0.3 is 19.7 Å². The molecule has 2 atom stereocenters. The Morgan fingerprint density at radius 3 is 1.53 bits per heavy atom. The van der Waals surface area contributed by atoms with Gasteiger partial charge in [0.1, 0.15) is 6.61 Å². The van der Waals surface area contributed by atoms with E-state index in [0.29, 0.717) is 13.0 Å². The molecule has 0 aromatic rings. The Morgan fingerprint density at radius 1 is 0.585 bits per heavy atom. The van der Waals surface area contributed by atoms with Crippen LogP contribution in [0, 0.1) is 0 Å². The molecule has 0 heterocycles. The van der Waals surface area contributed by atoms with Crippen LogP contribution >= 0.6 is 7.82 Å². The molecule has 9 nitrogen and oxygen atoms in total. The number of phosphoric ester groups is 1. The molecule has 2 unspecified atom stereocenters. The monoisotopic (exact) mass is 772 g/mol. The molecule has 0 aliphatic heterocycles. The molecule has 0 saturated heterocycles. The SMILES string of the molecule is CCCCC/C=C\C/C=C\CCCCCCCCCCCC(=O)OCC(COP(=O)(O)OCCNC)OC(=O)CCCCCCCCCCCCCC. The first-order chi connectivity index (χ1) is 25.8. The maximum atomic E-state index is 12.6. The number of phosphoric acid groups is 1. The summed E-state index contributed by atoms with van der Waals surface area (Å²) in [5.41, 5.74) is 0. The zero-order chi connectivity index (χ0) is 38.9. The van der Waals surface area contributed by atoms with Crippen LogP contribution in [0.2, 0.25) is 0 Å². The molecule has 0 aliphatic rings. The van der Waals surface area contributed by atoms with Gasteiger partial charge in [0, 0.05) is 19.4 Å². The van der Waals surface area contributed by atoms with Gasteiger partial charge in [-0.2, -0.15) is 0 Å². The van der Waals surface area contributed by atoms with E-state index < -0.39 is 26.5 Å². The third kappa shape index (κ3) is 40.0. The van der Waals surface area contributed by atoms with E-state index in [1.807, 2.05) is 0 Å². The van der Waals surface area contributed by atoms with Gasteiger partial charge in [0.25, 0.3) is 0 Å². The summed E-state index contributed by atoms with van der Waals surface area (Å²) in [6.45, 7) is 4.20. The zero-order valence-corrected chi connectivity index (χ0v) is 35.4. The summed E-state index contributed by atoms with van der Waals surface area (Å²) in [6.07, 6.45) is 40.7. The first-order valence-corrected chi connectivity index (χ1v) is 23.3. The smallest absolute Gasteiger partial charge is 0.462 e. The molecule has 0 radical (unpaired) electrons. The van der Waals surface area contributed by atoms with E-state index in [1.54, 1.807) is 7.05 Å². The van der Waals surface area contributed by atoms with E-state index in [-0.39, 0.29) is 32.0 Å². The number of esters is 2. The predicted octanol–water partition coefficient (Wildman–Crippen LogP) is 12.3. The molecule has 0 aromatic heterocycles. The van der Waals surface area contributed by atoms with E-state index in [1.165, 1.54) is 128 Å². The van der Waals surface area contributed by atoms with Crippen molar-refractivity contribution in [2.75, 3.05) is 33.4 Å². The number of ether oxygens (including phenoxy) is 2. The third-order valence-corrected chi connectivity index (χ3v) is 10.3. The topological polar surface area (TPSA) is 120 Å². The first-order valence-electron chi connectivity index (χ1n) is 21.8. The summed E-state index contributed by atoms with van der Waals surface area (Å²) < 4.78 is 33.2. The number of nitrogens with one attached hydrogen (secondary N) is 1. The van der Waals surface area contributed by atoms with E-state index in [0.717, 1.165) is 38.5 Å². The molecule has 0 saturated carbocycles. The highest BCUT2D eigenvalue weighted by Gasteiger charge is 2.26. The molecule has 10 heteroatoms. The second kappa shape index (κ2) is 40.2. The van der Waals surface area contributed by atoms with Crippen LogP contribution in [0.15, 0.2) is 24.3 Å². The highest BCUT2D eigenvalue weighted by Crippen LogP contribution is 2.43. The van der Waals surface area contributed by atoms with Gasteiger partial charge in [-0.05, 0) is 52.0 Å². The number of rotatable bonds is 41. The number of unbranched alkanes of at least 4 members (excludes halogenated alkanes) is 23. The fourth-order valence-electron chi connectivity index (χ4n) is 5.99. The van der Waals surface area contributed by atoms with Gasteiger partial charge in [0.05, 0.1) is 13.2 Å². The van der Waals surface area contributed by atoms with Crippen LogP contribution in [0.5, 0.6) is 0 Å². The highest BCUT2D eigenvalue weighted by atomic mass is 31.2. The third-order valence-electron chi connectivity index (χ3n) is 9.32. The molecule has 0 spiro atoms. The van der Waals surface area contributed by atoms with Crippen LogP contribution in [0.3, 0.4) is 0 Å². The highest BCUT2D eigenvalue weighted by molar-refractivity contribution is 7.47. The summed E-state index contributed by atoms with van der Waals surface area (Å²) >= 11 is 0. The standard InChI is InChI=1S/C43H82NO8P/c1-4-6-8-10-12-14-16-18-19-20-21-22-23-24-26-27-29-31-33-35-42(45)49-39-41(40-51-53(47,48)50-38-37-44-3)52-43(46)36-34-32-30-28-25-17-15-13-11-9-7-5-2/h12,14,18-19,41,44H,4-11,13,15-17,20-40H2,1-3H3,(H,47,48)/b14-12-,19-18-. The van der Waals surface area contributed by atoms with E-state index in [9.17, 15) is 19.0 Å². The van der Waals surface area contributed by atoms with Crippen LogP contribution < -0.4 is 5.32 Å². The van der Waals surface area contributed by atoms with Gasteiger partial charge in [0.2, 0.25) is 0 Å². The predicted molar refractivity (Wildman–Crippen MR) is 220 cm³/mol. The number of likely N-dealkylation sites (N-methyl/N-ethyl adjacent to an activating group) is 1. The minimum Gasteiger partial charge on any atom is -0.462 e. The normalized spacial score (nSPS) is 13.5. The van der Waals surface area contributed by atoms with Crippen molar-refractivity contribution in [1.29, 1.82) is 0 Å². The van der Waals surface area contributed by atoms with E-state index in [4.69, 9.17) is 18.5 Å². The van der Waals surface area contributed by atoms with Crippen LogP contribution in [0.4, 0.5) is 0 Å². The molecular formula is C43H82NO8P. The summed E-state index contributed by atoms with van der Waals surface area (Å²) in [6, 6.07) is 0. The summed E-state index contributed by atoms with van der Waals surface area (Å²) in [4.78, 5) is 35.0. The van der Waals surface area contributed by atoms with Crippen molar-refractivity contribution < 1.29 is 37.6 Å². The van der Waals surface area contributed by atoms with Crippen LogP contribution in [0.1, 0.15) is 200 Å². The molecule has 312 valence electrons. The Labute approximate surface area is 325 Å². The lowest BCUT2D eigenvalue weighted by atomic mass is 10.0. The molecular weight excluding hydrogens is 689 g/mol. The minimum absolute atomic E-state index is 0.0156. The van der Waals surface area contributed by atoms with Gasteiger partial charge in [-0.25, -0.2) is 4.57 Å². The zero-order valence-electron chi connectivity index (χ0n) is 34.5. The quantitative estimate of drug-likeness (QED) is 0.0271. The van der Waals surface area contributed by atoms with Crippen molar-refractivity contribution in [2.24, 2.45) is 0 Å². The molecule has 0 aromatic carbocycles. The van der Waals surface area contributed by atoms with Crippen molar-refractivity contribution >= 4 is 19.8 Å². The van der Waals surface area contributed by atoms with Crippen LogP contribution in [0.25, 0.3) is 0 Å². The second-order valence-corrected chi connectivity index (χ2v) is 16.0. The van der Waals surface area contributed by atoms with Crippen molar-refractivity contribution in [3.63, 3.8) is 0 Å². The van der Waals surface area contributed by atoms with Crippen molar-refractivity contribution in [3.8, 4) is 0 Å². The molecule has 0 bridgehead atoms.